The molecular formula is C9H7FN4O2S3. The lowest BCUT2D eigenvalue weighted by atomic mass is 10.2. The van der Waals surface area contributed by atoms with Crippen LogP contribution in [0, 0.1) is 5.82 Å². The molecule has 0 saturated heterocycles. The van der Waals surface area contributed by atoms with Gasteiger partial charge in [-0.05, 0) is 12.1 Å². The first-order chi connectivity index (χ1) is 8.92. The molecule has 0 radical (unpaired) electrons. The number of benzene rings is 1. The van der Waals surface area contributed by atoms with Crippen LogP contribution in [-0.2, 0) is 10.0 Å². The van der Waals surface area contributed by atoms with Crippen molar-refractivity contribution in [2.45, 2.75) is 4.90 Å². The van der Waals surface area contributed by atoms with Crippen LogP contribution in [0.4, 0.5) is 9.52 Å². The normalized spacial score (nSPS) is 11.2. The van der Waals surface area contributed by atoms with Crippen LogP contribution in [-0.4, -0.2) is 23.6 Å². The van der Waals surface area contributed by atoms with Crippen molar-refractivity contribution in [3.05, 3.63) is 35.1 Å². The number of anilines is 1. The molecular weight excluding hydrogens is 311 g/mol. The summed E-state index contributed by atoms with van der Waals surface area (Å²) >= 11 is 5.67. The maximum absolute atomic E-state index is 13.6. The van der Waals surface area contributed by atoms with E-state index in [0.717, 1.165) is 17.4 Å². The van der Waals surface area contributed by atoms with Crippen molar-refractivity contribution in [1.82, 2.24) is 10.2 Å². The zero-order valence-electron chi connectivity index (χ0n) is 9.20. The van der Waals surface area contributed by atoms with Gasteiger partial charge in [-0.3, -0.25) is 4.72 Å². The monoisotopic (exact) mass is 318 g/mol. The topological polar surface area (TPSA) is 98.0 Å². The first-order valence-electron chi connectivity index (χ1n) is 4.79. The lowest BCUT2D eigenvalue weighted by Gasteiger charge is -2.10. The van der Waals surface area contributed by atoms with Gasteiger partial charge in [0.2, 0.25) is 5.13 Å². The lowest BCUT2D eigenvalue weighted by molar-refractivity contribution is 0.594. The minimum atomic E-state index is -4.03. The Morgan fingerprint density at radius 1 is 1.47 bits per heavy atom. The molecule has 0 fully saturated rings. The van der Waals surface area contributed by atoms with E-state index in [-0.39, 0.29) is 20.6 Å². The van der Waals surface area contributed by atoms with E-state index in [0.29, 0.717) is 0 Å². The highest BCUT2D eigenvalue weighted by molar-refractivity contribution is 7.93. The highest BCUT2D eigenvalue weighted by Gasteiger charge is 2.23. The molecule has 3 N–H and O–H groups in total. The maximum Gasteiger partial charge on any atom is 0.264 e. The standard InChI is InChI=1S/C9H7FN4O2S3/c10-5-2-1-3-6(7(5)8(11)17)19(15,16)14-9-13-12-4-18-9/h1-4H,(H2,11,17)(H,13,14). The van der Waals surface area contributed by atoms with E-state index in [1.54, 1.807) is 0 Å². The summed E-state index contributed by atoms with van der Waals surface area (Å²) in [6.07, 6.45) is 0. The van der Waals surface area contributed by atoms with E-state index < -0.39 is 15.8 Å². The molecule has 0 unspecified atom stereocenters. The van der Waals surface area contributed by atoms with Gasteiger partial charge >= 0.3 is 0 Å². The number of sulfonamides is 1. The molecule has 1 aromatic carbocycles. The number of hydrogen-bond acceptors (Lipinski definition) is 6. The molecule has 0 aliphatic carbocycles. The van der Waals surface area contributed by atoms with Gasteiger partial charge in [-0.2, -0.15) is 0 Å². The highest BCUT2D eigenvalue weighted by Crippen LogP contribution is 2.22. The summed E-state index contributed by atoms with van der Waals surface area (Å²) in [5, 5.41) is 7.10. The Bertz CT molecular complexity index is 715. The fourth-order valence-corrected chi connectivity index (χ4v) is 3.55. The first kappa shape index (κ1) is 13.8. The predicted molar refractivity (Wildman–Crippen MR) is 73.0 cm³/mol. The van der Waals surface area contributed by atoms with Crippen molar-refractivity contribution in [2.75, 3.05) is 4.72 Å². The minimum absolute atomic E-state index is 0.0677. The van der Waals surface area contributed by atoms with Gasteiger partial charge < -0.3 is 5.73 Å². The smallest absolute Gasteiger partial charge is 0.264 e. The third kappa shape index (κ3) is 2.85. The van der Waals surface area contributed by atoms with Crippen LogP contribution in [0.5, 0.6) is 0 Å². The molecule has 0 saturated carbocycles. The Balaban J connectivity index is 2.52. The highest BCUT2D eigenvalue weighted by atomic mass is 32.2. The zero-order chi connectivity index (χ0) is 14.0. The van der Waals surface area contributed by atoms with Gasteiger partial charge in [0.15, 0.2) is 0 Å². The van der Waals surface area contributed by atoms with E-state index in [1.165, 1.54) is 17.6 Å². The van der Waals surface area contributed by atoms with Crippen LogP contribution in [0.3, 0.4) is 0 Å². The van der Waals surface area contributed by atoms with Gasteiger partial charge in [-0.25, -0.2) is 12.8 Å². The summed E-state index contributed by atoms with van der Waals surface area (Å²) in [4.78, 5) is -0.675. The number of thiocarbonyl (C=S) groups is 1. The number of halogens is 1. The number of nitrogens with two attached hydrogens (primary N) is 1. The third-order valence-corrected chi connectivity index (χ3v) is 4.41. The van der Waals surface area contributed by atoms with Gasteiger partial charge in [-0.1, -0.05) is 29.6 Å². The molecule has 100 valence electrons. The molecule has 0 bridgehead atoms. The fraction of sp³-hybridized carbons (Fsp3) is 0. The maximum atomic E-state index is 13.6. The van der Waals surface area contributed by atoms with Gasteiger partial charge in [0.1, 0.15) is 21.2 Å². The van der Waals surface area contributed by atoms with Crippen LogP contribution in [0.15, 0.2) is 28.6 Å². The molecule has 19 heavy (non-hydrogen) atoms. The molecule has 0 spiro atoms. The number of nitrogens with zero attached hydrogens (tertiary/aromatic N) is 2. The second-order valence-corrected chi connectivity index (χ2v) is 6.25. The number of nitrogens with one attached hydrogen (secondary N) is 1. The molecule has 2 rings (SSSR count). The SMILES string of the molecule is NC(=S)c1c(F)cccc1S(=O)(=O)Nc1nncs1. The van der Waals surface area contributed by atoms with E-state index >= 15 is 0 Å². The van der Waals surface area contributed by atoms with E-state index in [4.69, 9.17) is 5.73 Å². The van der Waals surface area contributed by atoms with E-state index in [9.17, 15) is 12.8 Å². The molecule has 10 heteroatoms. The van der Waals surface area contributed by atoms with Crippen LogP contribution in [0.2, 0.25) is 0 Å². The summed E-state index contributed by atoms with van der Waals surface area (Å²) < 4.78 is 40.0. The Labute approximate surface area is 117 Å². The van der Waals surface area contributed by atoms with Crippen LogP contribution < -0.4 is 10.5 Å². The van der Waals surface area contributed by atoms with Gasteiger partial charge in [0, 0.05) is 0 Å². The summed E-state index contributed by atoms with van der Waals surface area (Å²) in [7, 11) is -4.03. The van der Waals surface area contributed by atoms with E-state index in [1.807, 2.05) is 0 Å². The molecule has 2 aromatic rings. The lowest BCUT2D eigenvalue weighted by Crippen LogP contribution is -2.21. The quantitative estimate of drug-likeness (QED) is 0.820. The van der Waals surface area contributed by atoms with Gasteiger partial charge in [0.05, 0.1) is 5.56 Å². The summed E-state index contributed by atoms with van der Waals surface area (Å²) in [5.41, 5.74) is 6.39. The van der Waals surface area contributed by atoms with Gasteiger partial charge in [-0.15, -0.1) is 10.2 Å². The first-order valence-corrected chi connectivity index (χ1v) is 7.56. The zero-order valence-corrected chi connectivity index (χ0v) is 11.6. The Morgan fingerprint density at radius 2 is 2.21 bits per heavy atom. The molecule has 6 nitrogen and oxygen atoms in total. The number of aromatic nitrogens is 2. The number of hydrogen-bond donors (Lipinski definition) is 2. The minimum Gasteiger partial charge on any atom is -0.389 e. The van der Waals surface area contributed by atoms with Crippen molar-refractivity contribution < 1.29 is 12.8 Å². The average molecular weight is 318 g/mol. The molecule has 0 aliphatic rings. The van der Waals surface area contributed by atoms with Crippen LogP contribution >= 0.6 is 23.6 Å². The predicted octanol–water partition coefficient (Wildman–Crippen LogP) is 1.11. The molecule has 0 atom stereocenters. The van der Waals surface area contributed by atoms with Crippen molar-refractivity contribution in [2.24, 2.45) is 5.73 Å². The summed E-state index contributed by atoms with van der Waals surface area (Å²) in [6, 6.07) is 3.55. The van der Waals surface area contributed by atoms with Crippen molar-refractivity contribution >= 4 is 43.7 Å². The number of rotatable bonds is 4. The fourth-order valence-electron chi connectivity index (χ4n) is 1.35. The second-order valence-electron chi connectivity index (χ2n) is 3.33. The van der Waals surface area contributed by atoms with Crippen molar-refractivity contribution in [3.8, 4) is 0 Å². The molecule has 1 heterocycles. The average Bonchev–Trinajstić information content (AvgIpc) is 2.80. The molecule has 0 aliphatic heterocycles. The largest absolute Gasteiger partial charge is 0.389 e. The summed E-state index contributed by atoms with van der Waals surface area (Å²) in [6.45, 7) is 0. The van der Waals surface area contributed by atoms with E-state index in [2.05, 4.69) is 27.1 Å². The third-order valence-electron chi connectivity index (χ3n) is 2.09. The molecule has 1 aromatic heterocycles. The van der Waals surface area contributed by atoms with Crippen molar-refractivity contribution in [3.63, 3.8) is 0 Å². The van der Waals surface area contributed by atoms with Crippen LogP contribution in [0.25, 0.3) is 0 Å². The Hall–Kier alpha value is -1.65. The summed E-state index contributed by atoms with van der Waals surface area (Å²) in [5.74, 6) is -0.798. The molecule has 0 amide bonds. The Kier molecular flexibility index (Phi) is 3.73. The van der Waals surface area contributed by atoms with Crippen molar-refractivity contribution in [1.29, 1.82) is 0 Å². The Morgan fingerprint density at radius 3 is 2.79 bits per heavy atom. The second kappa shape index (κ2) is 5.15. The van der Waals surface area contributed by atoms with Crippen LogP contribution in [0.1, 0.15) is 5.56 Å². The van der Waals surface area contributed by atoms with Gasteiger partial charge in [0.25, 0.3) is 10.0 Å².